The van der Waals surface area contributed by atoms with E-state index in [2.05, 4.69) is 6.92 Å². The summed E-state index contributed by atoms with van der Waals surface area (Å²) < 4.78 is 0. The third-order valence-electron chi connectivity index (χ3n) is 1.05. The van der Waals surface area contributed by atoms with E-state index in [0.29, 0.717) is 5.57 Å². The lowest BCUT2D eigenvalue weighted by atomic mass is 10.3. The van der Waals surface area contributed by atoms with Crippen LogP contribution in [0.5, 0.6) is 0 Å². The summed E-state index contributed by atoms with van der Waals surface area (Å²) in [5.41, 5.74) is 0.431. The normalized spacial score (nSPS) is 11.6. The minimum atomic E-state index is -0.822. The zero-order valence-corrected chi connectivity index (χ0v) is 7.07. The first-order valence-corrected chi connectivity index (χ1v) is 4.31. The van der Waals surface area contributed by atoms with Crippen LogP contribution in [-0.2, 0) is 4.79 Å². The Kier molecular flexibility index (Phi) is 5.12. The van der Waals surface area contributed by atoms with Crippen molar-refractivity contribution < 1.29 is 9.90 Å². The molecule has 0 aromatic rings. The van der Waals surface area contributed by atoms with Gasteiger partial charge in [-0.05, 0) is 12.7 Å². The predicted octanol–water partition coefficient (Wildman–Crippen LogP) is 1.77. The van der Waals surface area contributed by atoms with E-state index >= 15 is 0 Å². The number of hydrogen-bond donors (Lipinski definition) is 1. The first-order valence-electron chi connectivity index (χ1n) is 3.16. The van der Waals surface area contributed by atoms with Crippen molar-refractivity contribution in [3.63, 3.8) is 0 Å². The van der Waals surface area contributed by atoms with Crippen molar-refractivity contribution in [3.05, 3.63) is 11.6 Å². The Bertz CT molecular complexity index is 141. The van der Waals surface area contributed by atoms with Crippen molar-refractivity contribution in [2.75, 3.05) is 11.5 Å². The van der Waals surface area contributed by atoms with Gasteiger partial charge in [-0.3, -0.25) is 0 Å². The molecule has 1 N–H and O–H groups in total. The Morgan fingerprint density at radius 1 is 1.70 bits per heavy atom. The van der Waals surface area contributed by atoms with Gasteiger partial charge in [0, 0.05) is 11.3 Å². The van der Waals surface area contributed by atoms with Gasteiger partial charge in [-0.15, -0.1) is 0 Å². The number of aliphatic carboxylic acids is 1. The highest BCUT2D eigenvalue weighted by atomic mass is 32.2. The number of carbonyl (C=O) groups is 1. The summed E-state index contributed by atoms with van der Waals surface area (Å²) in [7, 11) is 0. The lowest BCUT2D eigenvalue weighted by Gasteiger charge is -1.92. The van der Waals surface area contributed by atoms with Crippen molar-refractivity contribution in [1.29, 1.82) is 0 Å². The Labute approximate surface area is 65.3 Å². The number of thioether (sulfide) groups is 1. The smallest absolute Gasteiger partial charge is 0.330 e. The zero-order chi connectivity index (χ0) is 7.98. The van der Waals surface area contributed by atoms with Gasteiger partial charge in [0.2, 0.25) is 0 Å². The lowest BCUT2D eigenvalue weighted by molar-refractivity contribution is -0.132. The van der Waals surface area contributed by atoms with Crippen molar-refractivity contribution >= 4 is 17.7 Å². The highest BCUT2D eigenvalue weighted by molar-refractivity contribution is 7.99. The van der Waals surface area contributed by atoms with Crippen LogP contribution in [0.3, 0.4) is 0 Å². The quantitative estimate of drug-likeness (QED) is 0.503. The summed E-state index contributed by atoms with van der Waals surface area (Å²) in [5, 5.41) is 8.40. The van der Waals surface area contributed by atoms with Crippen molar-refractivity contribution in [2.24, 2.45) is 0 Å². The molecule has 0 atom stereocenters. The molecule has 0 rings (SSSR count). The van der Waals surface area contributed by atoms with Crippen LogP contribution in [0.15, 0.2) is 11.6 Å². The average molecular weight is 160 g/mol. The molecule has 0 saturated carbocycles. The van der Waals surface area contributed by atoms with Crippen LogP contribution in [0.25, 0.3) is 0 Å². The maximum atomic E-state index is 10.2. The van der Waals surface area contributed by atoms with Crippen LogP contribution in [0.4, 0.5) is 0 Å². The molecule has 3 heteroatoms. The summed E-state index contributed by atoms with van der Waals surface area (Å²) in [6.07, 6.45) is 1.73. The Balaban J connectivity index is 3.58. The number of carboxylic acid groups (broad SMARTS) is 1. The highest BCUT2D eigenvalue weighted by Crippen LogP contribution is 2.01. The maximum absolute atomic E-state index is 10.2. The molecule has 0 radical (unpaired) electrons. The summed E-state index contributed by atoms with van der Waals surface area (Å²) in [6.45, 7) is 3.66. The minimum absolute atomic E-state index is 0.431. The van der Waals surface area contributed by atoms with E-state index in [4.69, 9.17) is 5.11 Å². The maximum Gasteiger partial charge on any atom is 0.330 e. The van der Waals surface area contributed by atoms with E-state index < -0.39 is 5.97 Å². The fourth-order valence-corrected chi connectivity index (χ4v) is 0.993. The average Bonchev–Trinajstić information content (AvgIpc) is 1.88. The highest BCUT2D eigenvalue weighted by Gasteiger charge is 1.96. The van der Waals surface area contributed by atoms with E-state index in [-0.39, 0.29) is 0 Å². The standard InChI is InChI=1S/C7H12O2S/c1-3-10-5-4-6(2)7(8)9/h4H,3,5H2,1-2H3,(H,8,9). The van der Waals surface area contributed by atoms with E-state index in [1.54, 1.807) is 24.8 Å². The zero-order valence-electron chi connectivity index (χ0n) is 6.26. The summed E-state index contributed by atoms with van der Waals surface area (Å²) in [4.78, 5) is 10.2. The van der Waals surface area contributed by atoms with Gasteiger partial charge >= 0.3 is 5.97 Å². The van der Waals surface area contributed by atoms with Crippen molar-refractivity contribution in [1.82, 2.24) is 0 Å². The molecule has 58 valence electrons. The molecule has 2 nitrogen and oxygen atoms in total. The molecule has 0 aromatic carbocycles. The van der Waals surface area contributed by atoms with Gasteiger partial charge in [-0.2, -0.15) is 11.8 Å². The van der Waals surface area contributed by atoms with Gasteiger partial charge in [0.05, 0.1) is 0 Å². The van der Waals surface area contributed by atoms with Crippen LogP contribution in [0.1, 0.15) is 13.8 Å². The van der Waals surface area contributed by atoms with Gasteiger partial charge in [0.15, 0.2) is 0 Å². The van der Waals surface area contributed by atoms with Crippen molar-refractivity contribution in [2.45, 2.75) is 13.8 Å². The predicted molar refractivity (Wildman–Crippen MR) is 44.4 cm³/mol. The Hall–Kier alpha value is -0.440. The summed E-state index contributed by atoms with van der Waals surface area (Å²) in [6, 6.07) is 0. The number of hydrogen-bond acceptors (Lipinski definition) is 2. The molecule has 0 aromatic heterocycles. The molecular formula is C7H12O2S. The molecule has 0 spiro atoms. The molecule has 0 aliphatic carbocycles. The molecule has 0 fully saturated rings. The second-order valence-electron chi connectivity index (χ2n) is 1.85. The SMILES string of the molecule is CCSCC=C(C)C(=O)O. The van der Waals surface area contributed by atoms with Gasteiger partial charge < -0.3 is 5.11 Å². The third kappa shape index (κ3) is 4.44. The molecule has 0 aliphatic heterocycles. The van der Waals surface area contributed by atoms with Crippen LogP contribution in [0, 0.1) is 0 Å². The summed E-state index contributed by atoms with van der Waals surface area (Å²) >= 11 is 1.71. The molecule has 0 heterocycles. The number of carboxylic acids is 1. The fraction of sp³-hybridized carbons (Fsp3) is 0.571. The van der Waals surface area contributed by atoms with Gasteiger partial charge in [0.25, 0.3) is 0 Å². The first-order chi connectivity index (χ1) is 4.68. The van der Waals surface area contributed by atoms with E-state index in [9.17, 15) is 4.79 Å². The van der Waals surface area contributed by atoms with Crippen LogP contribution >= 0.6 is 11.8 Å². The molecular weight excluding hydrogens is 148 g/mol. The van der Waals surface area contributed by atoms with Gasteiger partial charge in [-0.1, -0.05) is 13.0 Å². The largest absolute Gasteiger partial charge is 0.478 e. The minimum Gasteiger partial charge on any atom is -0.478 e. The van der Waals surface area contributed by atoms with Gasteiger partial charge in [-0.25, -0.2) is 4.79 Å². The van der Waals surface area contributed by atoms with Crippen LogP contribution in [0.2, 0.25) is 0 Å². The van der Waals surface area contributed by atoms with E-state index in [1.165, 1.54) is 0 Å². The Morgan fingerprint density at radius 2 is 2.30 bits per heavy atom. The second-order valence-corrected chi connectivity index (χ2v) is 3.17. The van der Waals surface area contributed by atoms with Crippen LogP contribution < -0.4 is 0 Å². The molecule has 0 unspecified atom stereocenters. The molecule has 10 heavy (non-hydrogen) atoms. The number of rotatable bonds is 4. The molecule has 0 saturated heterocycles. The first kappa shape index (κ1) is 9.56. The second kappa shape index (κ2) is 5.35. The lowest BCUT2D eigenvalue weighted by Crippen LogP contribution is -1.96. The van der Waals surface area contributed by atoms with Crippen molar-refractivity contribution in [3.8, 4) is 0 Å². The monoisotopic (exact) mass is 160 g/mol. The van der Waals surface area contributed by atoms with Crippen LogP contribution in [-0.4, -0.2) is 22.6 Å². The third-order valence-corrected chi connectivity index (χ3v) is 1.86. The van der Waals surface area contributed by atoms with E-state index in [0.717, 1.165) is 11.5 Å². The topological polar surface area (TPSA) is 37.3 Å². The van der Waals surface area contributed by atoms with Gasteiger partial charge in [0.1, 0.15) is 0 Å². The fourth-order valence-electron chi connectivity index (χ4n) is 0.389. The van der Waals surface area contributed by atoms with E-state index in [1.807, 2.05) is 0 Å². The molecule has 0 aliphatic rings. The molecule has 0 bridgehead atoms. The molecule has 0 amide bonds. The Morgan fingerprint density at radius 3 is 2.70 bits per heavy atom. The summed E-state index contributed by atoms with van der Waals surface area (Å²) in [5.74, 6) is 1.01.